The molecule has 84 heavy (non-hydrogen) atoms. The van der Waals surface area contributed by atoms with Crippen molar-refractivity contribution in [3.63, 3.8) is 0 Å². The molecule has 2 aliphatic heterocycles. The van der Waals surface area contributed by atoms with Crippen LogP contribution < -0.4 is 10.6 Å². The molecule has 19 nitrogen and oxygen atoms in total. The number of benzene rings is 2. The lowest BCUT2D eigenvalue weighted by atomic mass is 9.96. The number of carboxylic acid groups (broad SMARTS) is 1. The third kappa shape index (κ3) is 33.2. The number of alkyl halides is 6. The highest BCUT2D eigenvalue weighted by atomic mass is 35.6. The average molecular weight is 1300 g/mol. The van der Waals surface area contributed by atoms with Gasteiger partial charge >= 0.3 is 35.9 Å². The maximum atomic E-state index is 13.2. The van der Waals surface area contributed by atoms with E-state index < -0.39 is 102 Å². The Morgan fingerprint density at radius 1 is 0.571 bits per heavy atom. The summed E-state index contributed by atoms with van der Waals surface area (Å²) in [4.78, 5) is 114. The molecule has 2 fully saturated rings. The lowest BCUT2D eigenvalue weighted by Gasteiger charge is -2.34. The van der Waals surface area contributed by atoms with E-state index in [1.54, 1.807) is 81.1 Å². The van der Waals surface area contributed by atoms with Gasteiger partial charge in [-0.2, -0.15) is 0 Å². The molecule has 0 spiro atoms. The number of amides is 4. The molecule has 4 rings (SSSR count). The first-order valence-corrected chi connectivity index (χ1v) is 30.1. The van der Waals surface area contributed by atoms with Crippen LogP contribution in [0.2, 0.25) is 0 Å². The van der Waals surface area contributed by atoms with E-state index in [4.69, 9.17) is 93.3 Å². The number of hydrogen-bond donors (Lipinski definition) is 3. The Hall–Kier alpha value is -4.79. The van der Waals surface area contributed by atoms with Gasteiger partial charge in [0.1, 0.15) is 42.1 Å². The van der Waals surface area contributed by atoms with Gasteiger partial charge in [0.15, 0.2) is 0 Å². The smallest absolute Gasteiger partial charge is 0.408 e. The van der Waals surface area contributed by atoms with Gasteiger partial charge in [0.25, 0.3) is 0 Å². The van der Waals surface area contributed by atoms with Gasteiger partial charge in [-0.05, 0) is 132 Å². The average Bonchev–Trinajstić information content (AvgIpc) is 3.41. The fourth-order valence-corrected chi connectivity index (χ4v) is 8.85. The van der Waals surface area contributed by atoms with E-state index in [1.165, 1.54) is 4.90 Å². The number of halogens is 6. The van der Waals surface area contributed by atoms with E-state index >= 15 is 0 Å². The molecule has 472 valence electrons. The number of likely N-dealkylation sites (tertiary alicyclic amines) is 2. The highest BCUT2D eigenvalue weighted by molar-refractivity contribution is 6.68. The fourth-order valence-electron chi connectivity index (χ4n) is 8.52. The Morgan fingerprint density at radius 2 is 0.976 bits per heavy atom. The van der Waals surface area contributed by atoms with Crippen molar-refractivity contribution in [2.75, 3.05) is 39.4 Å². The van der Waals surface area contributed by atoms with Crippen molar-refractivity contribution in [3.05, 3.63) is 71.8 Å². The van der Waals surface area contributed by atoms with Crippen LogP contribution in [-0.4, -0.2) is 144 Å². The highest BCUT2D eigenvalue weighted by Gasteiger charge is 2.36. The number of aliphatic carboxylic acids is 1. The quantitative estimate of drug-likeness (QED) is 0.0633. The van der Waals surface area contributed by atoms with Crippen molar-refractivity contribution < 1.29 is 71.9 Å². The summed E-state index contributed by atoms with van der Waals surface area (Å²) in [6, 6.07) is 17.4. The molecule has 25 heteroatoms. The summed E-state index contributed by atoms with van der Waals surface area (Å²) in [6.45, 7) is 19.7. The van der Waals surface area contributed by atoms with Gasteiger partial charge in [-0.3, -0.25) is 38.4 Å². The Bertz CT molecular complexity index is 2460. The second kappa shape index (κ2) is 35.1. The zero-order valence-corrected chi connectivity index (χ0v) is 54.4. The Kier molecular flexibility index (Phi) is 31.5. The predicted molar refractivity (Wildman–Crippen MR) is 323 cm³/mol. The summed E-state index contributed by atoms with van der Waals surface area (Å²) in [6.07, 6.45) is 3.47. The van der Waals surface area contributed by atoms with Crippen LogP contribution in [-0.2, 0) is 74.9 Å². The van der Waals surface area contributed by atoms with Crippen LogP contribution in [0.3, 0.4) is 0 Å². The molecule has 2 heterocycles. The summed E-state index contributed by atoms with van der Waals surface area (Å²) in [7, 11) is 0. The standard InChI is InChI=1S/C26H36Cl3N3O6.C17H26Cl3NO5.C16H22O4/c1-17(22(34)32-14-8-11-19(15-32)23(35)37-16-26(27,28)29)30-21(33)20(31-24(36)38-25(2,3)4)13-12-18-9-6-5-7-10-18;1-11(8-13(22)26-16(2,3)4)14(23)21-7-5-6-12(9-21)15(24)25-10-17(18,19)20;1-16(2,3)20-14(17)11-13(15(18)19)10-9-12-7-5-4-6-8-12/h5-7,9-10,17,19-20H,8,11-16H2,1-4H3,(H,30,33)(H,31,36);11-12H,5-10H2,1-4H3;4-8,13H,9-11H2,1-3H3,(H,18,19)/t17-,19+,20-;11-,12-;13-/m011/s1. The Morgan fingerprint density at radius 3 is 1.38 bits per heavy atom. The van der Waals surface area contributed by atoms with Gasteiger partial charge in [0.2, 0.25) is 25.3 Å². The first-order chi connectivity index (χ1) is 38.7. The Balaban J connectivity index is 0.000000456. The zero-order valence-electron chi connectivity index (χ0n) is 49.9. The van der Waals surface area contributed by atoms with Gasteiger partial charge in [0.05, 0.1) is 30.6 Å². The third-order valence-corrected chi connectivity index (χ3v) is 13.0. The van der Waals surface area contributed by atoms with Crippen molar-refractivity contribution in [3.8, 4) is 0 Å². The van der Waals surface area contributed by atoms with Crippen LogP contribution >= 0.6 is 69.6 Å². The number of ether oxygens (including phenoxy) is 5. The first kappa shape index (κ1) is 75.3. The molecule has 3 N–H and O–H groups in total. The van der Waals surface area contributed by atoms with Gasteiger partial charge in [-0.15, -0.1) is 0 Å². The molecule has 0 aliphatic carbocycles. The molecule has 6 atom stereocenters. The summed E-state index contributed by atoms with van der Waals surface area (Å²) < 4.78 is 22.4. The van der Waals surface area contributed by atoms with Crippen molar-refractivity contribution in [1.82, 2.24) is 20.4 Å². The van der Waals surface area contributed by atoms with E-state index in [0.717, 1.165) is 11.1 Å². The molecule has 4 amide bonds. The fraction of sp³-hybridized carbons (Fsp3) is 0.644. The molecule has 2 aromatic carbocycles. The van der Waals surface area contributed by atoms with E-state index in [9.17, 15) is 48.3 Å². The predicted octanol–water partition coefficient (Wildman–Crippen LogP) is 10.7. The first-order valence-electron chi connectivity index (χ1n) is 27.8. The summed E-state index contributed by atoms with van der Waals surface area (Å²) in [5, 5.41) is 14.5. The summed E-state index contributed by atoms with van der Waals surface area (Å²) >= 11 is 33.7. The van der Waals surface area contributed by atoms with Crippen LogP contribution in [0.15, 0.2) is 60.7 Å². The normalized spacial score (nSPS) is 17.1. The third-order valence-electron chi connectivity index (χ3n) is 12.3. The minimum atomic E-state index is -1.72. The van der Waals surface area contributed by atoms with E-state index in [0.29, 0.717) is 64.5 Å². The number of carboxylic acids is 1. The van der Waals surface area contributed by atoms with Gasteiger partial charge in [-0.25, -0.2) is 4.79 Å². The molecular formula is C59H84Cl6N4O15. The minimum absolute atomic E-state index is 0.00498. The lowest BCUT2D eigenvalue weighted by Crippen LogP contribution is -2.55. The molecule has 2 saturated heterocycles. The number of nitrogens with one attached hydrogen (secondary N) is 2. The molecule has 0 saturated carbocycles. The molecule has 0 aromatic heterocycles. The molecule has 2 aromatic rings. The lowest BCUT2D eigenvalue weighted by molar-refractivity contribution is -0.160. The van der Waals surface area contributed by atoms with Gasteiger partial charge in [0, 0.05) is 32.1 Å². The number of nitrogens with zero attached hydrogens (tertiary/aromatic N) is 2. The largest absolute Gasteiger partial charge is 0.481 e. The maximum absolute atomic E-state index is 13.2. The highest BCUT2D eigenvalue weighted by Crippen LogP contribution is 2.29. The SMILES string of the molecule is CC(C)(C)OC(=O)C[C@@H](CCc1ccccc1)C(=O)O.C[C@H](CC(=O)OC(C)(C)C)C(=O)N1CCC[C@@H](C(=O)OCC(Cl)(Cl)Cl)C1.C[C@H](NC(=O)[C@H](CCc1ccccc1)NC(=O)OC(C)(C)C)C(=O)N1CCC[C@@H](C(=O)OCC(Cl)(Cl)Cl)C1. The summed E-state index contributed by atoms with van der Waals surface area (Å²) in [5.41, 5.74) is 0.157. The van der Waals surface area contributed by atoms with Crippen LogP contribution in [0.4, 0.5) is 4.79 Å². The van der Waals surface area contributed by atoms with Gasteiger partial charge < -0.3 is 49.2 Å². The number of rotatable bonds is 20. The van der Waals surface area contributed by atoms with Crippen molar-refractivity contribution in [2.45, 2.75) is 177 Å². The minimum Gasteiger partial charge on any atom is -0.481 e. The second-order valence-corrected chi connectivity index (χ2v) is 28.7. The number of carbonyl (C=O) groups excluding carboxylic acids is 8. The van der Waals surface area contributed by atoms with Crippen molar-refractivity contribution >= 4 is 123 Å². The second-order valence-electron chi connectivity index (χ2n) is 23.7. The molecular weight excluding hydrogens is 1220 g/mol. The zero-order chi connectivity index (χ0) is 63.8. The summed E-state index contributed by atoms with van der Waals surface area (Å²) in [5.74, 6) is -6.18. The van der Waals surface area contributed by atoms with Crippen LogP contribution in [0.5, 0.6) is 0 Å². The monoisotopic (exact) mass is 1300 g/mol. The van der Waals surface area contributed by atoms with Crippen LogP contribution in [0.25, 0.3) is 0 Å². The number of carbonyl (C=O) groups is 9. The Labute approximate surface area is 524 Å². The number of aryl methyl sites for hydroxylation is 2. The molecule has 0 unspecified atom stereocenters. The topological polar surface area (TPSA) is 251 Å². The maximum Gasteiger partial charge on any atom is 0.408 e. The van der Waals surface area contributed by atoms with E-state index in [1.807, 2.05) is 60.7 Å². The molecule has 0 bridgehead atoms. The van der Waals surface area contributed by atoms with E-state index in [-0.39, 0.29) is 51.0 Å². The van der Waals surface area contributed by atoms with Gasteiger partial charge in [-0.1, -0.05) is 137 Å². The van der Waals surface area contributed by atoms with Crippen molar-refractivity contribution in [1.29, 1.82) is 0 Å². The number of hydrogen-bond acceptors (Lipinski definition) is 14. The number of alkyl carbamates (subject to hydrolysis) is 1. The van der Waals surface area contributed by atoms with Crippen LogP contribution in [0.1, 0.15) is 139 Å². The van der Waals surface area contributed by atoms with Crippen LogP contribution in [0, 0.1) is 23.7 Å². The molecule has 2 aliphatic rings. The van der Waals surface area contributed by atoms with Crippen molar-refractivity contribution in [2.24, 2.45) is 23.7 Å². The number of esters is 4. The van der Waals surface area contributed by atoms with E-state index in [2.05, 4.69) is 10.6 Å². The molecule has 0 radical (unpaired) electrons. The number of piperidine rings is 2.